The number of benzene rings is 2. The Morgan fingerprint density at radius 1 is 1.17 bits per heavy atom. The van der Waals surface area contributed by atoms with Crippen LogP contribution in [-0.4, -0.2) is 15.2 Å². The highest BCUT2D eigenvalue weighted by molar-refractivity contribution is 14.1. The van der Waals surface area contributed by atoms with Gasteiger partial charge < -0.3 is 5.32 Å². The molecule has 1 aromatic heterocycles. The van der Waals surface area contributed by atoms with Crippen LogP contribution in [0.5, 0.6) is 0 Å². The minimum Gasteiger partial charge on any atom is -0.352 e. The third-order valence-corrected chi connectivity index (χ3v) is 4.04. The Morgan fingerprint density at radius 2 is 1.92 bits per heavy atom. The van der Waals surface area contributed by atoms with Gasteiger partial charge in [-0.1, -0.05) is 0 Å². The van der Waals surface area contributed by atoms with Crippen molar-refractivity contribution in [1.82, 2.24) is 15.2 Å². The summed E-state index contributed by atoms with van der Waals surface area (Å²) in [5.41, 5.74) is 0.224. The molecular weight excluding hydrogens is 436 g/mol. The van der Waals surface area contributed by atoms with Crippen molar-refractivity contribution in [2.45, 2.75) is 6.92 Å². The molecule has 0 atom stereocenters. The predicted octanol–water partition coefficient (Wildman–Crippen LogP) is 3.84. The smallest absolute Gasteiger partial charge is 0.340 e. The summed E-state index contributed by atoms with van der Waals surface area (Å²) < 4.78 is 42.6. The van der Waals surface area contributed by atoms with Crippen LogP contribution in [0.2, 0.25) is 0 Å². The van der Waals surface area contributed by atoms with Crippen molar-refractivity contribution >= 4 is 34.0 Å². The van der Waals surface area contributed by atoms with E-state index in [2.05, 4.69) is 43.1 Å². The van der Waals surface area contributed by atoms with Crippen LogP contribution in [0.15, 0.2) is 29.1 Å². The van der Waals surface area contributed by atoms with Gasteiger partial charge in [0.05, 0.1) is 5.69 Å². The van der Waals surface area contributed by atoms with Gasteiger partial charge in [-0.15, -0.1) is 0 Å². The topological polar surface area (TPSA) is 73.6 Å². The van der Waals surface area contributed by atoms with Gasteiger partial charge in [-0.2, -0.15) is 5.10 Å². The quantitative estimate of drug-likeness (QED) is 0.423. The number of H-pyrrole nitrogens is 2. The summed E-state index contributed by atoms with van der Waals surface area (Å²) in [6, 6.07) is 6.09. The minimum atomic E-state index is -1.61. The fraction of sp³-hybridized carbons (Fsp3) is 0.0667. The molecule has 0 radical (unpaired) electrons. The molecule has 0 aliphatic heterocycles. The van der Waals surface area contributed by atoms with Crippen LogP contribution in [0.4, 0.5) is 24.5 Å². The highest BCUT2D eigenvalue weighted by atomic mass is 127. The Kier molecular flexibility index (Phi) is 4.35. The van der Waals surface area contributed by atoms with Crippen molar-refractivity contribution in [2.75, 3.05) is 5.32 Å². The van der Waals surface area contributed by atoms with Gasteiger partial charge in [-0.3, -0.25) is 4.98 Å². The summed E-state index contributed by atoms with van der Waals surface area (Å²) in [5.74, 6) is -4.49. The standard InChI is InChI=1S/C15H10F3IN4O/c1-6-4-7(19)2-3-10(6)20-13-8(14-21-15(24)23-22-14)5-9(16)11(17)12(13)18/h2-5,20H,1H3,(H2,21,22,23,24). The normalized spacial score (nSPS) is 10.9. The maximum Gasteiger partial charge on any atom is 0.340 e. The summed E-state index contributed by atoms with van der Waals surface area (Å²) in [6.45, 7) is 1.79. The lowest BCUT2D eigenvalue weighted by molar-refractivity contribution is 0.450. The molecule has 2 aromatic carbocycles. The molecule has 0 bridgehead atoms. The first kappa shape index (κ1) is 16.6. The summed E-state index contributed by atoms with van der Waals surface area (Å²) in [6.07, 6.45) is 0. The average molecular weight is 446 g/mol. The first-order chi connectivity index (χ1) is 11.4. The Balaban J connectivity index is 2.18. The highest BCUT2D eigenvalue weighted by Gasteiger charge is 2.22. The zero-order valence-electron chi connectivity index (χ0n) is 12.2. The molecule has 0 saturated carbocycles. The van der Waals surface area contributed by atoms with Crippen LogP contribution in [0.1, 0.15) is 5.56 Å². The molecule has 3 N–H and O–H groups in total. The van der Waals surface area contributed by atoms with Crippen molar-refractivity contribution in [3.63, 3.8) is 0 Å². The second-order valence-corrected chi connectivity index (χ2v) is 6.27. The molecule has 0 unspecified atom stereocenters. The molecule has 0 amide bonds. The first-order valence-corrected chi connectivity index (χ1v) is 7.80. The maximum absolute atomic E-state index is 14.3. The second-order valence-electron chi connectivity index (χ2n) is 5.02. The van der Waals surface area contributed by atoms with Crippen LogP contribution >= 0.6 is 22.6 Å². The molecule has 9 heteroatoms. The van der Waals surface area contributed by atoms with Crippen molar-refractivity contribution in [3.05, 3.63) is 61.3 Å². The van der Waals surface area contributed by atoms with Gasteiger partial charge in [0, 0.05) is 14.8 Å². The van der Waals surface area contributed by atoms with E-state index >= 15 is 0 Å². The fourth-order valence-electron chi connectivity index (χ4n) is 2.20. The van der Waals surface area contributed by atoms with Crippen molar-refractivity contribution < 1.29 is 13.2 Å². The zero-order valence-corrected chi connectivity index (χ0v) is 14.3. The number of nitrogens with one attached hydrogen (secondary N) is 3. The minimum absolute atomic E-state index is 0.108. The molecule has 5 nitrogen and oxygen atoms in total. The van der Waals surface area contributed by atoms with E-state index in [4.69, 9.17) is 0 Å². The molecule has 1 heterocycles. The lowest BCUT2D eigenvalue weighted by Crippen LogP contribution is -2.05. The monoisotopic (exact) mass is 446 g/mol. The van der Waals surface area contributed by atoms with Crippen LogP contribution in [0.3, 0.4) is 0 Å². The molecule has 24 heavy (non-hydrogen) atoms. The van der Waals surface area contributed by atoms with E-state index in [9.17, 15) is 18.0 Å². The molecule has 3 aromatic rings. The predicted molar refractivity (Wildman–Crippen MR) is 91.7 cm³/mol. The van der Waals surface area contributed by atoms with Gasteiger partial charge in [-0.25, -0.2) is 23.1 Å². The largest absolute Gasteiger partial charge is 0.352 e. The second kappa shape index (κ2) is 6.30. The number of nitrogens with zero attached hydrogens (tertiary/aromatic N) is 1. The summed E-state index contributed by atoms with van der Waals surface area (Å²) in [4.78, 5) is 13.5. The number of anilines is 2. The molecule has 0 spiro atoms. The number of aromatic nitrogens is 3. The maximum atomic E-state index is 14.3. The van der Waals surface area contributed by atoms with Gasteiger partial charge in [0.15, 0.2) is 23.3 Å². The van der Waals surface area contributed by atoms with Crippen LogP contribution in [0.25, 0.3) is 11.4 Å². The van der Waals surface area contributed by atoms with E-state index in [0.29, 0.717) is 5.69 Å². The van der Waals surface area contributed by atoms with Gasteiger partial charge in [0.25, 0.3) is 0 Å². The van der Waals surface area contributed by atoms with E-state index in [1.165, 1.54) is 0 Å². The van der Waals surface area contributed by atoms with Crippen LogP contribution < -0.4 is 11.0 Å². The number of hydrogen-bond acceptors (Lipinski definition) is 3. The fourth-order valence-corrected chi connectivity index (χ4v) is 2.85. The average Bonchev–Trinajstić information content (AvgIpc) is 2.96. The zero-order chi connectivity index (χ0) is 17.4. The Bertz CT molecular complexity index is 983. The van der Waals surface area contributed by atoms with Gasteiger partial charge in [0.1, 0.15) is 0 Å². The van der Waals surface area contributed by atoms with Crippen molar-refractivity contribution in [1.29, 1.82) is 0 Å². The highest BCUT2D eigenvalue weighted by Crippen LogP contribution is 2.34. The van der Waals surface area contributed by atoms with E-state index in [1.807, 2.05) is 6.07 Å². The number of rotatable bonds is 3. The van der Waals surface area contributed by atoms with Gasteiger partial charge in [0.2, 0.25) is 0 Å². The number of aryl methyl sites for hydroxylation is 1. The van der Waals surface area contributed by atoms with Gasteiger partial charge >= 0.3 is 5.69 Å². The third-order valence-electron chi connectivity index (χ3n) is 3.37. The van der Waals surface area contributed by atoms with Crippen LogP contribution in [-0.2, 0) is 0 Å². The molecule has 3 rings (SSSR count). The molecule has 0 aliphatic rings. The number of halogens is 4. The number of hydrogen-bond donors (Lipinski definition) is 3. The summed E-state index contributed by atoms with van der Waals surface area (Å²) >= 11 is 2.12. The first-order valence-electron chi connectivity index (χ1n) is 6.72. The lowest BCUT2D eigenvalue weighted by atomic mass is 10.1. The van der Waals surface area contributed by atoms with E-state index in [-0.39, 0.29) is 17.1 Å². The molecule has 0 aliphatic carbocycles. The molecule has 0 saturated heterocycles. The van der Waals surface area contributed by atoms with E-state index < -0.39 is 23.1 Å². The molecule has 0 fully saturated rings. The summed E-state index contributed by atoms with van der Waals surface area (Å²) in [5, 5.41) is 8.50. The Morgan fingerprint density at radius 3 is 2.54 bits per heavy atom. The SMILES string of the molecule is Cc1cc(I)ccc1Nc1c(-c2n[nH]c(=O)[nH]2)cc(F)c(F)c1F. The molecule has 124 valence electrons. The number of aromatic amines is 2. The Labute approximate surface area is 147 Å². The van der Waals surface area contributed by atoms with Crippen molar-refractivity contribution in [3.8, 4) is 11.4 Å². The van der Waals surface area contributed by atoms with E-state index in [1.54, 1.807) is 19.1 Å². The summed E-state index contributed by atoms with van der Waals surface area (Å²) in [7, 11) is 0. The van der Waals surface area contributed by atoms with Crippen LogP contribution in [0, 0.1) is 27.9 Å². The Hall–Kier alpha value is -2.30. The van der Waals surface area contributed by atoms with Gasteiger partial charge in [-0.05, 0) is 59.3 Å². The van der Waals surface area contributed by atoms with E-state index in [0.717, 1.165) is 15.2 Å². The van der Waals surface area contributed by atoms with Crippen molar-refractivity contribution in [2.24, 2.45) is 0 Å². The molecular formula is C15H10F3IN4O. The third kappa shape index (κ3) is 3.03. The lowest BCUT2D eigenvalue weighted by Gasteiger charge is -2.14.